The van der Waals surface area contributed by atoms with Gasteiger partial charge in [0.2, 0.25) is 0 Å². The highest BCUT2D eigenvalue weighted by Gasteiger charge is 2.07. The summed E-state index contributed by atoms with van der Waals surface area (Å²) >= 11 is 3.24. The SMILES string of the molecule is O=C(O)/C=C/c1ccccc1Oc1cc(Br)ccc1F. The van der Waals surface area contributed by atoms with Crippen molar-refractivity contribution in [2.75, 3.05) is 0 Å². The van der Waals surface area contributed by atoms with Gasteiger partial charge in [0.05, 0.1) is 0 Å². The van der Waals surface area contributed by atoms with Gasteiger partial charge in [-0.15, -0.1) is 0 Å². The zero-order chi connectivity index (χ0) is 14.5. The quantitative estimate of drug-likeness (QED) is 0.837. The minimum atomic E-state index is -1.06. The van der Waals surface area contributed by atoms with Gasteiger partial charge in [-0.2, -0.15) is 0 Å². The Bertz CT molecular complexity index is 668. The summed E-state index contributed by atoms with van der Waals surface area (Å²) in [6.07, 6.45) is 2.40. The summed E-state index contributed by atoms with van der Waals surface area (Å²) in [5.74, 6) is -1.11. The Morgan fingerprint density at radius 2 is 1.95 bits per heavy atom. The van der Waals surface area contributed by atoms with Crippen molar-refractivity contribution in [2.24, 2.45) is 0 Å². The number of carboxylic acid groups (broad SMARTS) is 1. The molecule has 0 amide bonds. The topological polar surface area (TPSA) is 46.5 Å². The summed E-state index contributed by atoms with van der Waals surface area (Å²) in [6.45, 7) is 0. The van der Waals surface area contributed by atoms with Crippen molar-refractivity contribution in [3.8, 4) is 11.5 Å². The second kappa shape index (κ2) is 6.34. The monoisotopic (exact) mass is 336 g/mol. The summed E-state index contributed by atoms with van der Waals surface area (Å²) in [6, 6.07) is 11.2. The summed E-state index contributed by atoms with van der Waals surface area (Å²) in [4.78, 5) is 10.5. The smallest absolute Gasteiger partial charge is 0.328 e. The van der Waals surface area contributed by atoms with Crippen LogP contribution in [0.4, 0.5) is 4.39 Å². The van der Waals surface area contributed by atoms with E-state index in [1.54, 1.807) is 30.3 Å². The largest absolute Gasteiger partial charge is 0.478 e. The average molecular weight is 337 g/mol. The molecule has 0 saturated heterocycles. The minimum Gasteiger partial charge on any atom is -0.478 e. The first kappa shape index (κ1) is 14.3. The summed E-state index contributed by atoms with van der Waals surface area (Å²) < 4.78 is 19.8. The van der Waals surface area contributed by atoms with E-state index in [0.29, 0.717) is 15.8 Å². The van der Waals surface area contributed by atoms with E-state index in [1.165, 1.54) is 18.2 Å². The fraction of sp³-hybridized carbons (Fsp3) is 0. The number of carbonyl (C=O) groups is 1. The third kappa shape index (κ3) is 3.68. The molecule has 20 heavy (non-hydrogen) atoms. The number of hydrogen-bond donors (Lipinski definition) is 1. The van der Waals surface area contributed by atoms with Gasteiger partial charge in [-0.1, -0.05) is 34.1 Å². The van der Waals surface area contributed by atoms with Gasteiger partial charge in [0.15, 0.2) is 11.6 Å². The first-order valence-corrected chi connectivity index (χ1v) is 6.48. The molecule has 2 aromatic rings. The maximum Gasteiger partial charge on any atom is 0.328 e. The molecule has 0 radical (unpaired) electrons. The predicted octanol–water partition coefficient (Wildman–Crippen LogP) is 4.48. The van der Waals surface area contributed by atoms with Gasteiger partial charge in [0.25, 0.3) is 0 Å². The van der Waals surface area contributed by atoms with Gasteiger partial charge in [0.1, 0.15) is 5.75 Å². The lowest BCUT2D eigenvalue weighted by Crippen LogP contribution is -1.91. The Morgan fingerprint density at radius 3 is 2.70 bits per heavy atom. The van der Waals surface area contributed by atoms with Crippen LogP contribution in [0.3, 0.4) is 0 Å². The Morgan fingerprint density at radius 1 is 1.20 bits per heavy atom. The number of carboxylic acids is 1. The molecule has 0 aliphatic heterocycles. The fourth-order valence-corrected chi connectivity index (χ4v) is 1.89. The highest BCUT2D eigenvalue weighted by Crippen LogP contribution is 2.30. The second-order valence-corrected chi connectivity index (χ2v) is 4.80. The van der Waals surface area contributed by atoms with Crippen LogP contribution in [0.15, 0.2) is 53.0 Å². The third-order valence-electron chi connectivity index (χ3n) is 2.44. The predicted molar refractivity (Wildman–Crippen MR) is 77.3 cm³/mol. The van der Waals surface area contributed by atoms with Gasteiger partial charge < -0.3 is 9.84 Å². The van der Waals surface area contributed by atoms with Crippen molar-refractivity contribution in [2.45, 2.75) is 0 Å². The van der Waals surface area contributed by atoms with Crippen molar-refractivity contribution < 1.29 is 19.0 Å². The van der Waals surface area contributed by atoms with Crippen LogP contribution in [-0.4, -0.2) is 11.1 Å². The second-order valence-electron chi connectivity index (χ2n) is 3.89. The van der Waals surface area contributed by atoms with Gasteiger partial charge in [-0.25, -0.2) is 9.18 Å². The summed E-state index contributed by atoms with van der Waals surface area (Å²) in [7, 11) is 0. The molecule has 0 fully saturated rings. The van der Waals surface area contributed by atoms with Crippen LogP contribution < -0.4 is 4.74 Å². The Labute approximate surface area is 123 Å². The molecule has 2 rings (SSSR count). The van der Waals surface area contributed by atoms with Gasteiger partial charge in [-0.3, -0.25) is 0 Å². The van der Waals surface area contributed by atoms with E-state index in [1.807, 2.05) is 0 Å². The maximum atomic E-state index is 13.6. The number of ether oxygens (including phenoxy) is 1. The molecule has 0 aliphatic rings. The van der Waals surface area contributed by atoms with Crippen molar-refractivity contribution in [3.63, 3.8) is 0 Å². The van der Waals surface area contributed by atoms with Crippen molar-refractivity contribution in [3.05, 3.63) is 64.4 Å². The molecule has 5 heteroatoms. The van der Waals surface area contributed by atoms with Crippen LogP contribution in [0.5, 0.6) is 11.5 Å². The summed E-state index contributed by atoms with van der Waals surface area (Å²) in [5.41, 5.74) is 0.550. The number of halogens is 2. The molecular weight excluding hydrogens is 327 g/mol. The zero-order valence-electron chi connectivity index (χ0n) is 10.2. The van der Waals surface area contributed by atoms with Crippen molar-refractivity contribution in [1.29, 1.82) is 0 Å². The number of benzene rings is 2. The highest BCUT2D eigenvalue weighted by atomic mass is 79.9. The molecule has 0 heterocycles. The lowest BCUT2D eigenvalue weighted by molar-refractivity contribution is -0.131. The third-order valence-corrected chi connectivity index (χ3v) is 2.93. The standard InChI is InChI=1S/C15H10BrFO3/c16-11-6-7-12(17)14(9-11)20-13-4-2-1-3-10(13)5-8-15(18)19/h1-9H,(H,18,19)/b8-5+. The van der Waals surface area contributed by atoms with E-state index in [-0.39, 0.29) is 5.75 Å². The number of rotatable bonds is 4. The maximum absolute atomic E-state index is 13.6. The lowest BCUT2D eigenvalue weighted by Gasteiger charge is -2.09. The molecule has 1 N–H and O–H groups in total. The van der Waals surface area contributed by atoms with Crippen LogP contribution in [0.2, 0.25) is 0 Å². The molecule has 102 valence electrons. The van der Waals surface area contributed by atoms with Gasteiger partial charge >= 0.3 is 5.97 Å². The Kier molecular flexibility index (Phi) is 4.53. The van der Waals surface area contributed by atoms with Crippen LogP contribution in [-0.2, 0) is 4.79 Å². The van der Waals surface area contributed by atoms with E-state index in [0.717, 1.165) is 6.08 Å². The van der Waals surface area contributed by atoms with Gasteiger partial charge in [0, 0.05) is 16.1 Å². The molecule has 0 bridgehead atoms. The molecule has 0 aromatic heterocycles. The number of aliphatic carboxylic acids is 1. The van der Waals surface area contributed by atoms with Gasteiger partial charge in [-0.05, 0) is 30.3 Å². The van der Waals surface area contributed by atoms with Crippen molar-refractivity contribution >= 4 is 28.0 Å². The van der Waals surface area contributed by atoms with Crippen LogP contribution in [0.1, 0.15) is 5.56 Å². The zero-order valence-corrected chi connectivity index (χ0v) is 11.8. The molecule has 0 spiro atoms. The minimum absolute atomic E-state index is 0.0653. The Hall–Kier alpha value is -2.14. The number of para-hydroxylation sites is 1. The first-order chi connectivity index (χ1) is 9.56. The number of hydrogen-bond acceptors (Lipinski definition) is 2. The molecule has 2 aromatic carbocycles. The van der Waals surface area contributed by atoms with Crippen LogP contribution >= 0.6 is 15.9 Å². The summed E-state index contributed by atoms with van der Waals surface area (Å²) in [5, 5.41) is 8.64. The van der Waals surface area contributed by atoms with Crippen LogP contribution in [0.25, 0.3) is 6.08 Å². The van der Waals surface area contributed by atoms with Crippen molar-refractivity contribution in [1.82, 2.24) is 0 Å². The highest BCUT2D eigenvalue weighted by molar-refractivity contribution is 9.10. The van der Waals surface area contributed by atoms with E-state index >= 15 is 0 Å². The van der Waals surface area contributed by atoms with E-state index in [9.17, 15) is 9.18 Å². The lowest BCUT2D eigenvalue weighted by atomic mass is 10.2. The molecule has 0 saturated carbocycles. The molecule has 0 unspecified atom stereocenters. The molecule has 3 nitrogen and oxygen atoms in total. The average Bonchev–Trinajstić information content (AvgIpc) is 2.42. The normalized spacial score (nSPS) is 10.7. The fourth-order valence-electron chi connectivity index (χ4n) is 1.55. The molecular formula is C15H10BrFO3. The van der Waals surface area contributed by atoms with E-state index in [2.05, 4.69) is 15.9 Å². The van der Waals surface area contributed by atoms with E-state index < -0.39 is 11.8 Å². The first-order valence-electron chi connectivity index (χ1n) is 5.69. The van der Waals surface area contributed by atoms with Crippen LogP contribution in [0, 0.1) is 5.82 Å². The molecule has 0 aliphatic carbocycles. The Balaban J connectivity index is 2.34. The molecule has 0 atom stereocenters. The van der Waals surface area contributed by atoms with E-state index in [4.69, 9.17) is 9.84 Å².